The number of nitrogens with one attached hydrogen (secondary N) is 2. The van der Waals surface area contributed by atoms with Crippen molar-refractivity contribution in [3.05, 3.63) is 107 Å². The molecule has 1 unspecified atom stereocenters. The van der Waals surface area contributed by atoms with Crippen molar-refractivity contribution in [2.75, 3.05) is 19.6 Å². The van der Waals surface area contributed by atoms with E-state index in [1.807, 2.05) is 0 Å². The quantitative estimate of drug-likeness (QED) is 0.308. The number of hydrogen-bond acceptors (Lipinski definition) is 2. The summed E-state index contributed by atoms with van der Waals surface area (Å²) in [5, 5.41) is 7.89. The molecule has 0 bridgehead atoms. The fraction of sp³-hybridized carbons (Fsp3) is 0.344. The Morgan fingerprint density at radius 3 is 2.58 bits per heavy atom. The molecule has 186 valence electrons. The smallest absolute Gasteiger partial charge is 0.220 e. The number of aryl methyl sites for hydroxylation is 1. The summed E-state index contributed by atoms with van der Waals surface area (Å²) in [4.78, 5) is 13.2. The summed E-state index contributed by atoms with van der Waals surface area (Å²) in [5.41, 5.74) is 6.12. The van der Waals surface area contributed by atoms with Gasteiger partial charge in [-0.15, -0.1) is 0 Å². The number of carbonyl (C=O) groups excluding carboxylic acids is 1. The van der Waals surface area contributed by atoms with E-state index >= 15 is 0 Å². The van der Waals surface area contributed by atoms with Gasteiger partial charge in [0.2, 0.25) is 5.91 Å². The second-order valence-electron chi connectivity index (χ2n) is 10.2. The average molecular weight is 480 g/mol. The molecule has 0 radical (unpaired) electrons. The summed E-state index contributed by atoms with van der Waals surface area (Å²) in [6, 6.07) is 27.8. The number of aromatic nitrogens is 1. The first-order valence-corrected chi connectivity index (χ1v) is 13.3. The number of fused-ring (bicyclic) bond motifs is 1. The molecule has 4 nitrogen and oxygen atoms in total. The Morgan fingerprint density at radius 1 is 1.00 bits per heavy atom. The monoisotopic (exact) mass is 479 g/mol. The van der Waals surface area contributed by atoms with Gasteiger partial charge in [-0.05, 0) is 68.0 Å². The third kappa shape index (κ3) is 5.88. The van der Waals surface area contributed by atoms with Crippen LogP contribution in [0.1, 0.15) is 53.9 Å². The molecule has 0 spiro atoms. The molecule has 1 atom stereocenters. The molecule has 2 N–H and O–H groups in total. The van der Waals surface area contributed by atoms with Gasteiger partial charge in [0.25, 0.3) is 0 Å². The summed E-state index contributed by atoms with van der Waals surface area (Å²) < 4.78 is 2.33. The van der Waals surface area contributed by atoms with Crippen molar-refractivity contribution in [2.45, 2.75) is 45.1 Å². The number of piperidine rings is 1. The third-order valence-corrected chi connectivity index (χ3v) is 7.56. The zero-order valence-electron chi connectivity index (χ0n) is 21.2. The molecule has 1 aliphatic heterocycles. The van der Waals surface area contributed by atoms with Gasteiger partial charge in [0.1, 0.15) is 0 Å². The van der Waals surface area contributed by atoms with Crippen molar-refractivity contribution in [1.29, 1.82) is 0 Å². The summed E-state index contributed by atoms with van der Waals surface area (Å²) in [6.45, 7) is 5.89. The molecule has 36 heavy (non-hydrogen) atoms. The highest BCUT2D eigenvalue weighted by Crippen LogP contribution is 2.35. The molecule has 0 saturated carbocycles. The maximum Gasteiger partial charge on any atom is 0.220 e. The van der Waals surface area contributed by atoms with Crippen molar-refractivity contribution < 1.29 is 4.79 Å². The van der Waals surface area contributed by atoms with E-state index in [-0.39, 0.29) is 11.8 Å². The van der Waals surface area contributed by atoms with E-state index < -0.39 is 0 Å². The van der Waals surface area contributed by atoms with Crippen molar-refractivity contribution in [3.8, 4) is 0 Å². The molecule has 3 aromatic carbocycles. The predicted molar refractivity (Wildman–Crippen MR) is 148 cm³/mol. The lowest BCUT2D eigenvalue weighted by molar-refractivity contribution is -0.121. The average Bonchev–Trinajstić information content (AvgIpc) is 3.26. The van der Waals surface area contributed by atoms with Gasteiger partial charge in [-0.2, -0.15) is 0 Å². The molecule has 1 amide bonds. The van der Waals surface area contributed by atoms with Crippen LogP contribution in [0.4, 0.5) is 0 Å². The number of amides is 1. The fourth-order valence-corrected chi connectivity index (χ4v) is 5.60. The Bertz CT molecular complexity index is 1290. The molecule has 1 aromatic heterocycles. The fourth-order valence-electron chi connectivity index (χ4n) is 5.60. The van der Waals surface area contributed by atoms with E-state index in [0.29, 0.717) is 6.42 Å². The van der Waals surface area contributed by atoms with Crippen LogP contribution >= 0.6 is 0 Å². The third-order valence-electron chi connectivity index (χ3n) is 7.56. The minimum atomic E-state index is 0.00528. The maximum absolute atomic E-state index is 13.2. The van der Waals surface area contributed by atoms with Gasteiger partial charge in [-0.3, -0.25) is 4.79 Å². The van der Waals surface area contributed by atoms with E-state index in [1.54, 1.807) is 0 Å². The molecule has 4 heteroatoms. The first-order chi connectivity index (χ1) is 17.7. The van der Waals surface area contributed by atoms with Crippen molar-refractivity contribution >= 4 is 16.8 Å². The Labute approximate surface area is 214 Å². The van der Waals surface area contributed by atoms with Crippen molar-refractivity contribution in [3.63, 3.8) is 0 Å². The van der Waals surface area contributed by atoms with Gasteiger partial charge >= 0.3 is 0 Å². The second kappa shape index (κ2) is 11.6. The Kier molecular flexibility index (Phi) is 7.82. The van der Waals surface area contributed by atoms with E-state index in [4.69, 9.17) is 0 Å². The van der Waals surface area contributed by atoms with Gasteiger partial charge in [0, 0.05) is 42.5 Å². The van der Waals surface area contributed by atoms with Crippen LogP contribution in [0.25, 0.3) is 10.9 Å². The molecule has 1 fully saturated rings. The molecule has 1 saturated heterocycles. The molecular weight excluding hydrogens is 442 g/mol. The standard InChI is InChI=1S/C32H37N3O/c1-24-8-7-11-27(20-24)29(21-32(36)34-19-16-25-14-17-33-18-15-25)30-23-35(22-26-9-3-2-4-10-26)31-13-6-5-12-28(30)31/h2-13,20,23,25,29,33H,14-19,21-22H2,1H3,(H,34,36). The Morgan fingerprint density at radius 2 is 1.78 bits per heavy atom. The molecule has 0 aliphatic carbocycles. The van der Waals surface area contributed by atoms with Crippen LogP contribution in [0.15, 0.2) is 85.1 Å². The van der Waals surface area contributed by atoms with Crippen molar-refractivity contribution in [2.24, 2.45) is 5.92 Å². The minimum absolute atomic E-state index is 0.00528. The summed E-state index contributed by atoms with van der Waals surface area (Å²) in [7, 11) is 0. The van der Waals surface area contributed by atoms with Crippen LogP contribution in [0, 0.1) is 12.8 Å². The van der Waals surface area contributed by atoms with E-state index in [9.17, 15) is 4.79 Å². The lowest BCUT2D eigenvalue weighted by atomic mass is 9.87. The molecular formula is C32H37N3O. The number of para-hydroxylation sites is 1. The lowest BCUT2D eigenvalue weighted by Crippen LogP contribution is -2.31. The topological polar surface area (TPSA) is 46.1 Å². The van der Waals surface area contributed by atoms with Gasteiger partial charge in [0.05, 0.1) is 0 Å². The highest BCUT2D eigenvalue weighted by atomic mass is 16.1. The summed E-state index contributed by atoms with van der Waals surface area (Å²) >= 11 is 0. The van der Waals surface area contributed by atoms with Gasteiger partial charge in [-0.25, -0.2) is 0 Å². The number of benzene rings is 3. The molecule has 4 aromatic rings. The van der Waals surface area contributed by atoms with Crippen LogP contribution in [0.2, 0.25) is 0 Å². The number of carbonyl (C=O) groups is 1. The first kappa shape index (κ1) is 24.3. The lowest BCUT2D eigenvalue weighted by Gasteiger charge is -2.23. The maximum atomic E-state index is 13.2. The van der Waals surface area contributed by atoms with Crippen LogP contribution in [-0.2, 0) is 11.3 Å². The summed E-state index contributed by atoms with van der Waals surface area (Å²) in [5.74, 6) is 0.858. The zero-order valence-corrected chi connectivity index (χ0v) is 21.2. The predicted octanol–water partition coefficient (Wildman–Crippen LogP) is 6.03. The van der Waals surface area contributed by atoms with Gasteiger partial charge in [-0.1, -0.05) is 78.4 Å². The number of hydrogen-bond donors (Lipinski definition) is 2. The highest BCUT2D eigenvalue weighted by molar-refractivity contribution is 5.86. The SMILES string of the molecule is Cc1cccc(C(CC(=O)NCCC2CCNCC2)c2cn(Cc3ccccc3)c3ccccc23)c1. The van der Waals surface area contributed by atoms with E-state index in [2.05, 4.69) is 107 Å². The largest absolute Gasteiger partial charge is 0.356 e. The molecule has 2 heterocycles. The van der Waals surface area contributed by atoms with Crippen LogP contribution in [0.3, 0.4) is 0 Å². The summed E-state index contributed by atoms with van der Waals surface area (Å²) in [6.07, 6.45) is 6.21. The molecule has 1 aliphatic rings. The second-order valence-corrected chi connectivity index (χ2v) is 10.2. The van der Waals surface area contributed by atoms with E-state index in [0.717, 1.165) is 38.5 Å². The zero-order chi connectivity index (χ0) is 24.7. The van der Waals surface area contributed by atoms with Crippen molar-refractivity contribution in [1.82, 2.24) is 15.2 Å². The number of rotatable bonds is 9. The Hall–Kier alpha value is -3.37. The van der Waals surface area contributed by atoms with Crippen LogP contribution < -0.4 is 10.6 Å². The number of nitrogens with zero attached hydrogens (tertiary/aromatic N) is 1. The van der Waals surface area contributed by atoms with Crippen LogP contribution in [-0.4, -0.2) is 30.1 Å². The first-order valence-electron chi connectivity index (χ1n) is 13.3. The highest BCUT2D eigenvalue weighted by Gasteiger charge is 2.23. The molecule has 5 rings (SSSR count). The Balaban J connectivity index is 1.41. The van der Waals surface area contributed by atoms with Gasteiger partial charge in [0.15, 0.2) is 0 Å². The normalized spacial score (nSPS) is 15.1. The van der Waals surface area contributed by atoms with Gasteiger partial charge < -0.3 is 15.2 Å². The van der Waals surface area contributed by atoms with Crippen LogP contribution in [0.5, 0.6) is 0 Å². The van der Waals surface area contributed by atoms with E-state index in [1.165, 1.54) is 46.0 Å². The minimum Gasteiger partial charge on any atom is -0.356 e.